The van der Waals surface area contributed by atoms with Crippen LogP contribution in [0.1, 0.15) is 18.1 Å². The van der Waals surface area contributed by atoms with Gasteiger partial charge in [-0.3, -0.25) is 4.79 Å². The molecule has 1 heterocycles. The molecule has 3 rings (SSSR count). The largest absolute Gasteiger partial charge is 0.494 e. The Morgan fingerprint density at radius 3 is 2.52 bits per heavy atom. The van der Waals surface area contributed by atoms with Gasteiger partial charge in [-0.2, -0.15) is 5.10 Å². The zero-order valence-corrected chi connectivity index (χ0v) is 15.5. The molecule has 1 N–H and O–H groups in total. The predicted molar refractivity (Wildman–Crippen MR) is 104 cm³/mol. The van der Waals surface area contributed by atoms with Gasteiger partial charge in [0.15, 0.2) is 6.61 Å². The maximum atomic E-state index is 12.2. The number of hydrogen-bond acceptors (Lipinski definition) is 4. The topological polar surface area (TPSA) is 65.4 Å². The van der Waals surface area contributed by atoms with Crippen LogP contribution >= 0.6 is 0 Å². The molecule has 140 valence electrons. The summed E-state index contributed by atoms with van der Waals surface area (Å²) in [6.07, 6.45) is 1.67. The molecule has 0 unspecified atom stereocenters. The average Bonchev–Trinajstić information content (AvgIpc) is 3.08. The summed E-state index contributed by atoms with van der Waals surface area (Å²) in [5.41, 5.74) is 2.31. The van der Waals surface area contributed by atoms with Gasteiger partial charge in [0.2, 0.25) is 0 Å². The molecule has 0 atom stereocenters. The van der Waals surface area contributed by atoms with Crippen molar-refractivity contribution in [3.8, 4) is 11.5 Å². The van der Waals surface area contributed by atoms with Crippen LogP contribution in [0.3, 0.4) is 0 Å². The van der Waals surface area contributed by atoms with E-state index in [-0.39, 0.29) is 12.5 Å². The molecule has 0 bridgehead atoms. The third-order valence-corrected chi connectivity index (χ3v) is 3.90. The fraction of sp³-hybridized carbons (Fsp3) is 0.238. The van der Waals surface area contributed by atoms with E-state index in [1.165, 1.54) is 5.56 Å². The monoisotopic (exact) mass is 365 g/mol. The molecule has 0 saturated heterocycles. The number of anilines is 1. The van der Waals surface area contributed by atoms with E-state index in [2.05, 4.69) is 16.5 Å². The van der Waals surface area contributed by atoms with Gasteiger partial charge in [-0.1, -0.05) is 29.8 Å². The molecule has 1 aromatic heterocycles. The molecule has 2 aromatic carbocycles. The summed E-state index contributed by atoms with van der Waals surface area (Å²) in [6.45, 7) is 5.10. The number of ether oxygens (including phenoxy) is 2. The van der Waals surface area contributed by atoms with Crippen molar-refractivity contribution in [3.63, 3.8) is 0 Å². The van der Waals surface area contributed by atoms with Gasteiger partial charge in [-0.15, -0.1) is 0 Å². The van der Waals surface area contributed by atoms with Crippen LogP contribution in [0.15, 0.2) is 60.8 Å². The molecule has 27 heavy (non-hydrogen) atoms. The lowest BCUT2D eigenvalue weighted by molar-refractivity contribution is -0.118. The smallest absolute Gasteiger partial charge is 0.263 e. The van der Waals surface area contributed by atoms with Crippen LogP contribution in [0.2, 0.25) is 0 Å². The molecule has 0 aliphatic carbocycles. The van der Waals surface area contributed by atoms with Crippen LogP contribution in [-0.2, 0) is 11.3 Å². The number of aryl methyl sites for hydroxylation is 1. The molecule has 3 aromatic rings. The summed E-state index contributed by atoms with van der Waals surface area (Å²) >= 11 is 0. The maximum Gasteiger partial charge on any atom is 0.263 e. The lowest BCUT2D eigenvalue weighted by atomic mass is 10.1. The average molecular weight is 365 g/mol. The van der Waals surface area contributed by atoms with Gasteiger partial charge in [-0.05, 0) is 43.7 Å². The van der Waals surface area contributed by atoms with Gasteiger partial charge in [0, 0.05) is 6.07 Å². The van der Waals surface area contributed by atoms with Crippen molar-refractivity contribution in [1.29, 1.82) is 0 Å². The number of benzene rings is 2. The molecule has 0 fully saturated rings. The first-order chi connectivity index (χ1) is 13.1. The molecule has 0 aliphatic rings. The molecular formula is C21H23N3O3. The highest BCUT2D eigenvalue weighted by Crippen LogP contribution is 2.17. The summed E-state index contributed by atoms with van der Waals surface area (Å²) in [5, 5.41) is 7.13. The van der Waals surface area contributed by atoms with Crippen LogP contribution < -0.4 is 14.8 Å². The van der Waals surface area contributed by atoms with Crippen LogP contribution in [0.4, 0.5) is 5.82 Å². The number of amides is 1. The lowest BCUT2D eigenvalue weighted by Crippen LogP contribution is -2.22. The summed E-state index contributed by atoms with van der Waals surface area (Å²) < 4.78 is 12.7. The number of hydrogen-bond donors (Lipinski definition) is 1. The van der Waals surface area contributed by atoms with E-state index in [0.717, 1.165) is 11.3 Å². The number of nitrogens with zero attached hydrogens (tertiary/aromatic N) is 2. The number of rotatable bonds is 8. The van der Waals surface area contributed by atoms with Gasteiger partial charge < -0.3 is 14.8 Å². The van der Waals surface area contributed by atoms with Gasteiger partial charge in [-0.25, -0.2) is 4.68 Å². The van der Waals surface area contributed by atoms with Crippen molar-refractivity contribution in [2.45, 2.75) is 20.4 Å². The third kappa shape index (κ3) is 5.34. The molecule has 0 saturated carbocycles. The zero-order valence-electron chi connectivity index (χ0n) is 15.5. The van der Waals surface area contributed by atoms with E-state index in [9.17, 15) is 4.79 Å². The van der Waals surface area contributed by atoms with E-state index in [0.29, 0.717) is 24.7 Å². The SMILES string of the molecule is CCOc1ccc(OCC(=O)Nc2ccnn2Cc2cccc(C)c2)cc1. The highest BCUT2D eigenvalue weighted by molar-refractivity contribution is 5.91. The van der Waals surface area contributed by atoms with E-state index in [1.807, 2.05) is 44.2 Å². The second-order valence-corrected chi connectivity index (χ2v) is 6.10. The highest BCUT2D eigenvalue weighted by atomic mass is 16.5. The van der Waals surface area contributed by atoms with Crippen LogP contribution in [-0.4, -0.2) is 28.9 Å². The quantitative estimate of drug-likeness (QED) is 0.662. The predicted octanol–water partition coefficient (Wildman–Crippen LogP) is 3.66. The maximum absolute atomic E-state index is 12.2. The number of carbonyl (C=O) groups excluding carboxylic acids is 1. The second kappa shape index (κ2) is 8.89. The Balaban J connectivity index is 1.54. The van der Waals surface area contributed by atoms with Gasteiger partial charge in [0.25, 0.3) is 5.91 Å². The minimum atomic E-state index is -0.241. The highest BCUT2D eigenvalue weighted by Gasteiger charge is 2.09. The Labute approximate surface area is 158 Å². The number of nitrogens with one attached hydrogen (secondary N) is 1. The Morgan fingerprint density at radius 2 is 1.81 bits per heavy atom. The second-order valence-electron chi connectivity index (χ2n) is 6.10. The van der Waals surface area contributed by atoms with Crippen molar-refractivity contribution < 1.29 is 14.3 Å². The zero-order chi connectivity index (χ0) is 19.1. The van der Waals surface area contributed by atoms with E-state index in [4.69, 9.17) is 9.47 Å². The first-order valence-corrected chi connectivity index (χ1v) is 8.87. The molecule has 6 heteroatoms. The summed E-state index contributed by atoms with van der Waals surface area (Å²) in [7, 11) is 0. The van der Waals surface area contributed by atoms with Crippen LogP contribution in [0, 0.1) is 6.92 Å². The van der Waals surface area contributed by atoms with Crippen molar-refractivity contribution in [1.82, 2.24) is 9.78 Å². The normalized spacial score (nSPS) is 10.4. The first-order valence-electron chi connectivity index (χ1n) is 8.87. The summed E-state index contributed by atoms with van der Waals surface area (Å²) in [5.74, 6) is 1.78. The number of aromatic nitrogens is 2. The molecule has 1 amide bonds. The van der Waals surface area contributed by atoms with Crippen molar-refractivity contribution in [2.24, 2.45) is 0 Å². The van der Waals surface area contributed by atoms with E-state index < -0.39 is 0 Å². The Morgan fingerprint density at radius 1 is 1.07 bits per heavy atom. The van der Waals surface area contributed by atoms with E-state index in [1.54, 1.807) is 29.1 Å². The minimum Gasteiger partial charge on any atom is -0.494 e. The third-order valence-electron chi connectivity index (χ3n) is 3.90. The van der Waals surface area contributed by atoms with Crippen molar-refractivity contribution in [3.05, 3.63) is 71.9 Å². The molecule has 0 radical (unpaired) electrons. The van der Waals surface area contributed by atoms with Crippen molar-refractivity contribution >= 4 is 11.7 Å². The number of carbonyl (C=O) groups is 1. The van der Waals surface area contributed by atoms with Gasteiger partial charge >= 0.3 is 0 Å². The molecule has 0 spiro atoms. The fourth-order valence-corrected chi connectivity index (χ4v) is 2.67. The summed E-state index contributed by atoms with van der Waals surface area (Å²) in [4.78, 5) is 12.2. The van der Waals surface area contributed by atoms with Crippen molar-refractivity contribution in [2.75, 3.05) is 18.5 Å². The Hall–Kier alpha value is -3.28. The van der Waals surface area contributed by atoms with Crippen LogP contribution in [0.25, 0.3) is 0 Å². The Kier molecular flexibility index (Phi) is 6.10. The first kappa shape index (κ1) is 18.5. The molecular weight excluding hydrogens is 342 g/mol. The minimum absolute atomic E-state index is 0.0798. The van der Waals surface area contributed by atoms with E-state index >= 15 is 0 Å². The molecule has 6 nitrogen and oxygen atoms in total. The Bertz CT molecular complexity index is 888. The van der Waals surface area contributed by atoms with Gasteiger partial charge in [0.05, 0.1) is 19.3 Å². The fourth-order valence-electron chi connectivity index (χ4n) is 2.67. The van der Waals surface area contributed by atoms with Gasteiger partial charge in [0.1, 0.15) is 17.3 Å². The molecule has 0 aliphatic heterocycles. The van der Waals surface area contributed by atoms with Crippen LogP contribution in [0.5, 0.6) is 11.5 Å². The lowest BCUT2D eigenvalue weighted by Gasteiger charge is -2.11. The standard InChI is InChI=1S/C21H23N3O3/c1-3-26-18-7-9-19(10-8-18)27-15-21(25)23-20-11-12-22-24(20)14-17-6-4-5-16(2)13-17/h4-13H,3,14-15H2,1-2H3,(H,23,25). The summed E-state index contributed by atoms with van der Waals surface area (Å²) in [6, 6.07) is 17.1.